The number of rotatable bonds is 4. The normalized spacial score (nSPS) is 15.8. The van der Waals surface area contributed by atoms with Crippen LogP contribution < -0.4 is 10.9 Å². The van der Waals surface area contributed by atoms with Crippen molar-refractivity contribution >= 4 is 40.8 Å². The van der Waals surface area contributed by atoms with Crippen LogP contribution in [0.4, 0.5) is 0 Å². The van der Waals surface area contributed by atoms with E-state index in [4.69, 9.17) is 5.73 Å². The summed E-state index contributed by atoms with van der Waals surface area (Å²) in [6.07, 6.45) is 1.95. The minimum absolute atomic E-state index is 0.0932. The Balaban J connectivity index is 1.49. The lowest BCUT2D eigenvalue weighted by Gasteiger charge is -2.32. The number of hydrogen-bond acceptors (Lipinski definition) is 4. The summed E-state index contributed by atoms with van der Waals surface area (Å²) in [6, 6.07) is 14.4. The number of carbonyl (C=O) groups is 1. The van der Waals surface area contributed by atoms with Crippen molar-refractivity contribution in [3.05, 3.63) is 64.5 Å². The van der Waals surface area contributed by atoms with E-state index in [-0.39, 0.29) is 5.91 Å². The van der Waals surface area contributed by atoms with E-state index >= 15 is 0 Å². The third-order valence-corrected chi connectivity index (χ3v) is 8.82. The lowest BCUT2D eigenvalue weighted by Crippen LogP contribution is -2.41. The highest BCUT2D eigenvalue weighted by Crippen LogP contribution is 2.30. The van der Waals surface area contributed by atoms with Gasteiger partial charge in [0.15, 0.2) is 0 Å². The third kappa shape index (κ3) is 4.16. The summed E-state index contributed by atoms with van der Waals surface area (Å²) in [7, 11) is -2.42. The molecule has 0 spiro atoms. The highest BCUT2D eigenvalue weighted by atomic mass is 32.1. The summed E-state index contributed by atoms with van der Waals surface area (Å²) in [4.78, 5) is 25.7. The molecule has 1 saturated heterocycles. The Bertz CT molecular complexity index is 1030. The van der Waals surface area contributed by atoms with Crippen molar-refractivity contribution in [1.29, 1.82) is 0 Å². The first kappa shape index (κ1) is 20.3. The van der Waals surface area contributed by atoms with E-state index in [0.29, 0.717) is 12.5 Å². The van der Waals surface area contributed by atoms with Gasteiger partial charge in [0, 0.05) is 29.9 Å². The zero-order valence-electron chi connectivity index (χ0n) is 17.0. The van der Waals surface area contributed by atoms with Gasteiger partial charge in [-0.05, 0) is 77.1 Å². The Hall–Kier alpha value is -1.99. The number of nitrogens with two attached hydrogens (primary N) is 1. The number of benzene rings is 2. The molecular formula is C23H28N2O2SSi. The molecule has 2 aromatic carbocycles. The van der Waals surface area contributed by atoms with Gasteiger partial charge in [0.2, 0.25) is 8.32 Å². The molecule has 0 unspecified atom stereocenters. The minimum atomic E-state index is -2.42. The van der Waals surface area contributed by atoms with Crippen molar-refractivity contribution < 1.29 is 9.59 Å². The van der Waals surface area contributed by atoms with E-state index in [2.05, 4.69) is 24.3 Å². The quantitative estimate of drug-likeness (QED) is 0.626. The highest BCUT2D eigenvalue weighted by Gasteiger charge is 2.27. The Morgan fingerprint density at radius 2 is 1.97 bits per heavy atom. The van der Waals surface area contributed by atoms with E-state index in [1.54, 1.807) is 11.3 Å². The number of likely N-dealkylation sites (tertiary alicyclic amines) is 1. The van der Waals surface area contributed by atoms with Crippen LogP contribution in [0.3, 0.4) is 0 Å². The van der Waals surface area contributed by atoms with Crippen LogP contribution in [0.25, 0.3) is 10.1 Å². The molecule has 0 saturated carbocycles. The van der Waals surface area contributed by atoms with Gasteiger partial charge < -0.3 is 15.4 Å². The van der Waals surface area contributed by atoms with Gasteiger partial charge in [-0.15, -0.1) is 11.3 Å². The Morgan fingerprint density at radius 3 is 2.66 bits per heavy atom. The van der Waals surface area contributed by atoms with Crippen LogP contribution >= 0.6 is 11.3 Å². The van der Waals surface area contributed by atoms with Crippen LogP contribution in [0.1, 0.15) is 40.2 Å². The Labute approximate surface area is 177 Å². The largest absolute Gasteiger partial charge is 0.428 e. The SMILES string of the molecule is C[Si](C)(O)c1csc2ccc(C(=O)N3CCC(c4cccc(CN)c4)CC3)cc12. The summed E-state index contributed by atoms with van der Waals surface area (Å²) < 4.78 is 1.13. The molecule has 1 amide bonds. The van der Waals surface area contributed by atoms with Gasteiger partial charge in [0.05, 0.1) is 0 Å². The number of amides is 1. The third-order valence-electron chi connectivity index (χ3n) is 5.92. The first-order valence-corrected chi connectivity index (χ1v) is 14.0. The van der Waals surface area contributed by atoms with Gasteiger partial charge in [0.25, 0.3) is 5.91 Å². The molecule has 2 heterocycles. The number of carbonyl (C=O) groups excluding carboxylic acids is 1. The molecule has 1 aromatic heterocycles. The maximum absolute atomic E-state index is 13.1. The lowest BCUT2D eigenvalue weighted by molar-refractivity contribution is 0.0713. The first-order chi connectivity index (χ1) is 13.9. The van der Waals surface area contributed by atoms with Crippen molar-refractivity contribution in [3.8, 4) is 0 Å². The zero-order chi connectivity index (χ0) is 20.6. The lowest BCUT2D eigenvalue weighted by atomic mass is 9.88. The number of hydrogen-bond donors (Lipinski definition) is 2. The first-order valence-electron chi connectivity index (χ1n) is 10.2. The van der Waals surface area contributed by atoms with Crippen LogP contribution in [0.15, 0.2) is 47.8 Å². The number of thiophene rings is 1. The second-order valence-corrected chi connectivity index (χ2v) is 13.0. The van der Waals surface area contributed by atoms with Crippen molar-refractivity contribution in [2.24, 2.45) is 5.73 Å². The van der Waals surface area contributed by atoms with Crippen LogP contribution in [0.5, 0.6) is 0 Å². The van der Waals surface area contributed by atoms with Crippen molar-refractivity contribution in [1.82, 2.24) is 4.90 Å². The van der Waals surface area contributed by atoms with Gasteiger partial charge in [-0.3, -0.25) is 4.79 Å². The predicted octanol–water partition coefficient (Wildman–Crippen LogP) is 3.78. The molecule has 0 radical (unpaired) electrons. The van der Waals surface area contributed by atoms with Crippen LogP contribution in [0, 0.1) is 0 Å². The van der Waals surface area contributed by atoms with E-state index in [1.807, 2.05) is 41.6 Å². The minimum Gasteiger partial charge on any atom is -0.428 e. The molecule has 4 nitrogen and oxygen atoms in total. The van der Waals surface area contributed by atoms with E-state index in [9.17, 15) is 9.59 Å². The molecule has 0 aliphatic carbocycles. The fourth-order valence-electron chi connectivity index (χ4n) is 4.21. The Morgan fingerprint density at radius 1 is 1.21 bits per heavy atom. The molecule has 3 aromatic rings. The van der Waals surface area contributed by atoms with Crippen LogP contribution in [-0.2, 0) is 6.54 Å². The second kappa shape index (κ2) is 8.03. The van der Waals surface area contributed by atoms with Crippen LogP contribution in [-0.4, -0.2) is 37.0 Å². The van der Waals surface area contributed by atoms with Gasteiger partial charge in [-0.2, -0.15) is 0 Å². The maximum Gasteiger partial charge on any atom is 0.253 e. The molecule has 0 bridgehead atoms. The Kier molecular flexibility index (Phi) is 5.62. The van der Waals surface area contributed by atoms with Gasteiger partial charge in [-0.25, -0.2) is 0 Å². The molecule has 1 aliphatic rings. The van der Waals surface area contributed by atoms with Crippen molar-refractivity contribution in [2.75, 3.05) is 13.1 Å². The second-order valence-electron chi connectivity index (χ2n) is 8.43. The molecule has 152 valence electrons. The van der Waals surface area contributed by atoms with Gasteiger partial charge in [0.1, 0.15) is 0 Å². The number of fused-ring (bicyclic) bond motifs is 1. The molecule has 4 rings (SSSR count). The molecule has 29 heavy (non-hydrogen) atoms. The monoisotopic (exact) mass is 424 g/mol. The summed E-state index contributed by atoms with van der Waals surface area (Å²) in [5.41, 5.74) is 9.00. The molecule has 6 heteroatoms. The zero-order valence-corrected chi connectivity index (χ0v) is 18.8. The molecular weight excluding hydrogens is 396 g/mol. The number of nitrogens with zero attached hydrogens (tertiary/aromatic N) is 1. The smallest absolute Gasteiger partial charge is 0.253 e. The van der Waals surface area contributed by atoms with Gasteiger partial charge in [-0.1, -0.05) is 24.3 Å². The molecule has 1 fully saturated rings. The topological polar surface area (TPSA) is 66.6 Å². The summed E-state index contributed by atoms with van der Waals surface area (Å²) in [5, 5.41) is 4.10. The van der Waals surface area contributed by atoms with Gasteiger partial charge >= 0.3 is 0 Å². The predicted molar refractivity (Wildman–Crippen MR) is 123 cm³/mol. The fraction of sp³-hybridized carbons (Fsp3) is 0.348. The fourth-order valence-corrected chi connectivity index (χ4v) is 7.31. The average Bonchev–Trinajstić information content (AvgIpc) is 3.17. The molecule has 1 aliphatic heterocycles. The van der Waals surface area contributed by atoms with Crippen molar-refractivity contribution in [3.63, 3.8) is 0 Å². The number of piperidine rings is 1. The standard InChI is InChI=1S/C23H28N2O2SSi/c1-29(2,27)22-15-28-21-7-6-19(13-20(21)22)23(26)25-10-8-17(9-11-25)18-5-3-4-16(12-18)14-24/h3-7,12-13,15,17,27H,8-11,14,24H2,1-2H3. The maximum atomic E-state index is 13.1. The molecule has 0 atom stereocenters. The summed E-state index contributed by atoms with van der Waals surface area (Å²) in [5.74, 6) is 0.577. The average molecular weight is 425 g/mol. The highest BCUT2D eigenvalue weighted by molar-refractivity contribution is 7.19. The summed E-state index contributed by atoms with van der Waals surface area (Å²) in [6.45, 7) is 5.95. The molecule has 3 N–H and O–H groups in total. The summed E-state index contributed by atoms with van der Waals surface area (Å²) >= 11 is 1.64. The van der Waals surface area contributed by atoms with Crippen LogP contribution in [0.2, 0.25) is 13.1 Å². The van der Waals surface area contributed by atoms with Crippen molar-refractivity contribution in [2.45, 2.75) is 38.4 Å². The van der Waals surface area contributed by atoms with E-state index in [1.165, 1.54) is 5.56 Å². The van der Waals surface area contributed by atoms with E-state index in [0.717, 1.165) is 52.3 Å². The van der Waals surface area contributed by atoms with E-state index < -0.39 is 8.32 Å².